The number of halogens is 4. The standard InChI is InChI=1S/C14H12ClF3N2O2S/c1-2-22-12(21)9-10(7-3-5-8(15)6-4-7)19-13(23)20-11(9)14(16,17)18/h3-6,10H,2H2,1H3,(H2,19,20,23)/t10-/m0/s1. The van der Waals surface area contributed by atoms with Gasteiger partial charge in [-0.25, -0.2) is 4.79 Å². The van der Waals surface area contributed by atoms with Gasteiger partial charge in [-0.15, -0.1) is 0 Å². The van der Waals surface area contributed by atoms with Crippen LogP contribution in [0.3, 0.4) is 0 Å². The highest BCUT2D eigenvalue weighted by Gasteiger charge is 2.44. The van der Waals surface area contributed by atoms with E-state index in [4.69, 9.17) is 28.6 Å². The van der Waals surface area contributed by atoms with Gasteiger partial charge in [0.05, 0.1) is 18.2 Å². The normalized spacial score (nSPS) is 18.3. The fraction of sp³-hybridized carbons (Fsp3) is 0.286. The molecule has 0 saturated heterocycles. The Morgan fingerprint density at radius 2 is 1.96 bits per heavy atom. The van der Waals surface area contributed by atoms with Gasteiger partial charge in [0.15, 0.2) is 5.11 Å². The molecule has 1 aromatic carbocycles. The van der Waals surface area contributed by atoms with Crippen LogP contribution in [0.1, 0.15) is 18.5 Å². The van der Waals surface area contributed by atoms with Crippen LogP contribution in [0.25, 0.3) is 0 Å². The molecule has 2 N–H and O–H groups in total. The van der Waals surface area contributed by atoms with E-state index in [-0.39, 0.29) is 11.7 Å². The van der Waals surface area contributed by atoms with Crippen molar-refractivity contribution in [3.63, 3.8) is 0 Å². The zero-order chi connectivity index (χ0) is 17.2. The Balaban J connectivity index is 2.59. The van der Waals surface area contributed by atoms with Gasteiger partial charge < -0.3 is 15.4 Å². The number of thiocarbonyl (C=S) groups is 1. The van der Waals surface area contributed by atoms with Gasteiger partial charge in [0.1, 0.15) is 5.70 Å². The largest absolute Gasteiger partial charge is 0.463 e. The van der Waals surface area contributed by atoms with Crippen molar-refractivity contribution in [2.45, 2.75) is 19.1 Å². The molecule has 2 rings (SSSR count). The third-order valence-corrected chi connectivity index (χ3v) is 3.53. The molecule has 0 aliphatic carbocycles. The molecule has 9 heteroatoms. The zero-order valence-corrected chi connectivity index (χ0v) is 13.4. The van der Waals surface area contributed by atoms with Gasteiger partial charge in [-0.05, 0) is 36.8 Å². The number of rotatable bonds is 3. The maximum absolute atomic E-state index is 13.3. The maximum Gasteiger partial charge on any atom is 0.431 e. The molecule has 0 radical (unpaired) electrons. The van der Waals surface area contributed by atoms with Gasteiger partial charge in [-0.1, -0.05) is 23.7 Å². The highest BCUT2D eigenvalue weighted by Crippen LogP contribution is 2.35. The van der Waals surface area contributed by atoms with Crippen molar-refractivity contribution < 1.29 is 22.7 Å². The molecule has 4 nitrogen and oxygen atoms in total. The number of hydrogen-bond donors (Lipinski definition) is 2. The van der Waals surface area contributed by atoms with E-state index in [0.29, 0.717) is 10.6 Å². The van der Waals surface area contributed by atoms with Crippen molar-refractivity contribution in [1.82, 2.24) is 10.6 Å². The average molecular weight is 365 g/mol. The van der Waals surface area contributed by atoms with Crippen molar-refractivity contribution >= 4 is 34.9 Å². The van der Waals surface area contributed by atoms with Crippen LogP contribution < -0.4 is 10.6 Å². The van der Waals surface area contributed by atoms with Crippen LogP contribution in [0.15, 0.2) is 35.5 Å². The SMILES string of the molecule is CCOC(=O)C1=C(C(F)(F)F)NC(=S)N[C@H]1c1ccc(Cl)cc1. The van der Waals surface area contributed by atoms with Crippen molar-refractivity contribution in [3.8, 4) is 0 Å². The summed E-state index contributed by atoms with van der Waals surface area (Å²) in [5.41, 5.74) is -1.39. The highest BCUT2D eigenvalue weighted by molar-refractivity contribution is 7.80. The van der Waals surface area contributed by atoms with E-state index < -0.39 is 29.5 Å². The van der Waals surface area contributed by atoms with Crippen molar-refractivity contribution in [1.29, 1.82) is 0 Å². The molecule has 124 valence electrons. The summed E-state index contributed by atoms with van der Waals surface area (Å²) in [7, 11) is 0. The number of hydrogen-bond acceptors (Lipinski definition) is 3. The fourth-order valence-electron chi connectivity index (χ4n) is 2.12. The average Bonchev–Trinajstić information content (AvgIpc) is 2.46. The smallest absolute Gasteiger partial charge is 0.431 e. The Morgan fingerprint density at radius 3 is 2.48 bits per heavy atom. The molecule has 0 fully saturated rings. The van der Waals surface area contributed by atoms with Crippen LogP contribution >= 0.6 is 23.8 Å². The van der Waals surface area contributed by atoms with Gasteiger partial charge in [0.2, 0.25) is 0 Å². The monoisotopic (exact) mass is 364 g/mol. The second-order valence-electron chi connectivity index (χ2n) is 4.59. The first-order valence-electron chi connectivity index (χ1n) is 6.55. The predicted octanol–water partition coefficient (Wildman–Crippen LogP) is 3.24. The van der Waals surface area contributed by atoms with E-state index in [9.17, 15) is 18.0 Å². The van der Waals surface area contributed by atoms with Gasteiger partial charge >= 0.3 is 12.1 Å². The summed E-state index contributed by atoms with van der Waals surface area (Å²) < 4.78 is 44.6. The van der Waals surface area contributed by atoms with E-state index in [0.717, 1.165) is 0 Å². The van der Waals surface area contributed by atoms with Crippen molar-refractivity contribution in [2.24, 2.45) is 0 Å². The van der Waals surface area contributed by atoms with Gasteiger partial charge in [0.25, 0.3) is 0 Å². The second kappa shape index (κ2) is 6.76. The molecule has 0 spiro atoms. The molecule has 0 saturated carbocycles. The third kappa shape index (κ3) is 3.94. The molecule has 1 aromatic rings. The minimum absolute atomic E-state index is 0.0503. The summed E-state index contributed by atoms with van der Waals surface area (Å²) in [6.07, 6.45) is -4.78. The first kappa shape index (κ1) is 17.6. The molecular formula is C14H12ClF3N2O2S. The lowest BCUT2D eigenvalue weighted by Gasteiger charge is -2.31. The number of carbonyl (C=O) groups is 1. The number of alkyl halides is 3. The first-order chi connectivity index (χ1) is 10.7. The lowest BCUT2D eigenvalue weighted by atomic mass is 9.95. The zero-order valence-electron chi connectivity index (χ0n) is 11.8. The minimum Gasteiger partial charge on any atom is -0.463 e. The third-order valence-electron chi connectivity index (χ3n) is 3.05. The van der Waals surface area contributed by atoms with E-state index in [1.54, 1.807) is 0 Å². The molecule has 1 heterocycles. The Kier molecular flexibility index (Phi) is 5.16. The number of nitrogens with one attached hydrogen (secondary N) is 2. The molecular weight excluding hydrogens is 353 g/mol. The first-order valence-corrected chi connectivity index (χ1v) is 7.34. The van der Waals surface area contributed by atoms with E-state index in [1.807, 2.05) is 5.32 Å². The van der Waals surface area contributed by atoms with Crippen LogP contribution in [0.5, 0.6) is 0 Å². The van der Waals surface area contributed by atoms with Crippen LogP contribution in [0, 0.1) is 0 Å². The summed E-state index contributed by atoms with van der Waals surface area (Å²) >= 11 is 10.6. The van der Waals surface area contributed by atoms with Crippen molar-refractivity contribution in [2.75, 3.05) is 6.61 Å². The quantitative estimate of drug-likeness (QED) is 0.637. The predicted molar refractivity (Wildman–Crippen MR) is 82.8 cm³/mol. The Morgan fingerprint density at radius 1 is 1.35 bits per heavy atom. The molecule has 1 atom stereocenters. The number of carbonyl (C=O) groups excluding carboxylic acids is 1. The Labute approximate surface area is 140 Å². The lowest BCUT2D eigenvalue weighted by molar-refractivity contribution is -0.140. The molecule has 1 aliphatic heterocycles. The lowest BCUT2D eigenvalue weighted by Crippen LogP contribution is -2.49. The minimum atomic E-state index is -4.78. The number of ether oxygens (including phenoxy) is 1. The van der Waals surface area contributed by atoms with Crippen LogP contribution in [-0.2, 0) is 9.53 Å². The second-order valence-corrected chi connectivity index (χ2v) is 5.43. The number of allylic oxidation sites excluding steroid dienone is 1. The van der Waals surface area contributed by atoms with Crippen molar-refractivity contribution in [3.05, 3.63) is 46.1 Å². The highest BCUT2D eigenvalue weighted by atomic mass is 35.5. The van der Waals surface area contributed by atoms with Gasteiger partial charge in [0, 0.05) is 5.02 Å². The van der Waals surface area contributed by atoms with Crippen LogP contribution in [-0.4, -0.2) is 23.9 Å². The summed E-state index contributed by atoms with van der Waals surface area (Å²) in [6, 6.07) is 4.97. The molecule has 0 aromatic heterocycles. The van der Waals surface area contributed by atoms with E-state index in [1.165, 1.54) is 31.2 Å². The summed E-state index contributed by atoms with van der Waals surface area (Å²) in [5.74, 6) is -1.07. The van der Waals surface area contributed by atoms with E-state index >= 15 is 0 Å². The molecule has 0 amide bonds. The number of benzene rings is 1. The topological polar surface area (TPSA) is 50.4 Å². The molecule has 0 bridgehead atoms. The maximum atomic E-state index is 13.3. The van der Waals surface area contributed by atoms with Gasteiger partial charge in [-0.3, -0.25) is 0 Å². The Hall–Kier alpha value is -1.80. The van der Waals surface area contributed by atoms with E-state index in [2.05, 4.69) is 5.32 Å². The Bertz CT molecular complexity index is 659. The number of esters is 1. The molecule has 23 heavy (non-hydrogen) atoms. The molecule has 0 unspecified atom stereocenters. The summed E-state index contributed by atoms with van der Waals surface area (Å²) in [4.78, 5) is 12.1. The fourth-order valence-corrected chi connectivity index (χ4v) is 2.47. The van der Waals surface area contributed by atoms with Crippen LogP contribution in [0.4, 0.5) is 13.2 Å². The van der Waals surface area contributed by atoms with Crippen LogP contribution in [0.2, 0.25) is 5.02 Å². The molecule has 1 aliphatic rings. The summed E-state index contributed by atoms with van der Waals surface area (Å²) in [5, 5.41) is 4.86. The van der Waals surface area contributed by atoms with Gasteiger partial charge in [-0.2, -0.15) is 13.2 Å². The summed E-state index contributed by atoms with van der Waals surface area (Å²) in [6.45, 7) is 1.46.